The average molecular weight is 439 g/mol. The summed E-state index contributed by atoms with van der Waals surface area (Å²) >= 11 is 0. The second-order valence-corrected chi connectivity index (χ2v) is 9.14. The normalized spacial score (nSPS) is 22.4. The van der Waals surface area contributed by atoms with E-state index in [1.165, 1.54) is 16.7 Å². The summed E-state index contributed by atoms with van der Waals surface area (Å²) in [7, 11) is 0. The topological polar surface area (TPSA) is 85.5 Å². The highest BCUT2D eigenvalue weighted by atomic mass is 19.1. The summed E-state index contributed by atoms with van der Waals surface area (Å²) in [6.07, 6.45) is 2.29. The highest BCUT2D eigenvalue weighted by molar-refractivity contribution is 6.05. The Kier molecular flexibility index (Phi) is 5.33. The highest BCUT2D eigenvalue weighted by Crippen LogP contribution is 2.37. The molecule has 0 aliphatic carbocycles. The number of amides is 3. The van der Waals surface area contributed by atoms with Gasteiger partial charge >= 0.3 is 0 Å². The van der Waals surface area contributed by atoms with E-state index in [1.807, 2.05) is 6.92 Å². The number of aromatic amines is 1. The van der Waals surface area contributed by atoms with Gasteiger partial charge in [0, 0.05) is 36.5 Å². The fraction of sp³-hybridized carbons (Fsp3) is 0.458. The predicted molar refractivity (Wildman–Crippen MR) is 115 cm³/mol. The van der Waals surface area contributed by atoms with Crippen LogP contribution in [0.1, 0.15) is 64.5 Å². The first kappa shape index (κ1) is 20.9. The summed E-state index contributed by atoms with van der Waals surface area (Å²) in [5, 5.41) is 2.32. The first-order valence-electron chi connectivity index (χ1n) is 11.2. The Morgan fingerprint density at radius 1 is 1.09 bits per heavy atom. The molecule has 3 aliphatic heterocycles. The number of hydrogen-bond donors (Lipinski definition) is 2. The van der Waals surface area contributed by atoms with Gasteiger partial charge in [-0.15, -0.1) is 0 Å². The smallest absolute Gasteiger partial charge is 0.255 e. The molecular formula is C24H27FN4O3. The molecule has 2 saturated heterocycles. The zero-order valence-electron chi connectivity index (χ0n) is 18.1. The summed E-state index contributed by atoms with van der Waals surface area (Å²) in [6, 6.07) is 6.35. The molecule has 5 rings (SSSR count). The summed E-state index contributed by atoms with van der Waals surface area (Å²) in [4.78, 5) is 44.1. The molecule has 1 unspecified atom stereocenters. The molecule has 0 spiro atoms. The van der Waals surface area contributed by atoms with Crippen LogP contribution in [0, 0.1) is 12.7 Å². The predicted octanol–water partition coefficient (Wildman–Crippen LogP) is 2.60. The van der Waals surface area contributed by atoms with E-state index in [9.17, 15) is 18.8 Å². The zero-order valence-corrected chi connectivity index (χ0v) is 18.1. The van der Waals surface area contributed by atoms with Crippen molar-refractivity contribution in [3.63, 3.8) is 0 Å². The van der Waals surface area contributed by atoms with Crippen LogP contribution >= 0.6 is 0 Å². The van der Waals surface area contributed by atoms with Crippen LogP contribution in [-0.4, -0.2) is 51.6 Å². The van der Waals surface area contributed by atoms with Gasteiger partial charge in [-0.05, 0) is 80.6 Å². The second kappa shape index (κ2) is 8.16. The lowest BCUT2D eigenvalue weighted by atomic mass is 9.85. The molecule has 4 heterocycles. The minimum atomic E-state index is -0.686. The van der Waals surface area contributed by atoms with Gasteiger partial charge in [-0.3, -0.25) is 24.6 Å². The van der Waals surface area contributed by atoms with Crippen molar-refractivity contribution in [2.75, 3.05) is 13.1 Å². The fourth-order valence-electron chi connectivity index (χ4n) is 5.31. The molecule has 1 aromatic heterocycles. The maximum absolute atomic E-state index is 14.5. The summed E-state index contributed by atoms with van der Waals surface area (Å²) in [6.45, 7) is 5.00. The number of nitrogens with one attached hydrogen (secondary N) is 2. The molecule has 32 heavy (non-hydrogen) atoms. The van der Waals surface area contributed by atoms with Crippen LogP contribution in [0.15, 0.2) is 24.3 Å². The Balaban J connectivity index is 1.32. The van der Waals surface area contributed by atoms with Crippen molar-refractivity contribution >= 4 is 17.7 Å². The monoisotopic (exact) mass is 438 g/mol. The number of halogens is 1. The number of fused-ring (bicyclic) bond motifs is 1. The lowest BCUT2D eigenvalue weighted by Gasteiger charge is -2.33. The maximum Gasteiger partial charge on any atom is 0.255 e. The number of carbonyl (C=O) groups excluding carboxylic acids is 3. The summed E-state index contributed by atoms with van der Waals surface area (Å²) < 4.78 is 14.5. The van der Waals surface area contributed by atoms with Crippen LogP contribution < -0.4 is 5.32 Å². The number of aromatic nitrogens is 1. The van der Waals surface area contributed by atoms with Crippen LogP contribution in [0.5, 0.6) is 0 Å². The van der Waals surface area contributed by atoms with Crippen molar-refractivity contribution in [2.45, 2.75) is 57.7 Å². The number of rotatable bonds is 4. The van der Waals surface area contributed by atoms with E-state index in [-0.39, 0.29) is 30.7 Å². The molecule has 0 radical (unpaired) electrons. The largest absolute Gasteiger partial charge is 0.361 e. The number of imide groups is 1. The quantitative estimate of drug-likeness (QED) is 0.719. The van der Waals surface area contributed by atoms with Gasteiger partial charge in [-0.25, -0.2) is 4.39 Å². The van der Waals surface area contributed by atoms with Crippen molar-refractivity contribution in [1.82, 2.24) is 20.1 Å². The lowest BCUT2D eigenvalue weighted by molar-refractivity contribution is -0.136. The van der Waals surface area contributed by atoms with Gasteiger partial charge in [0.2, 0.25) is 11.8 Å². The van der Waals surface area contributed by atoms with Gasteiger partial charge in [-0.2, -0.15) is 0 Å². The molecule has 2 fully saturated rings. The number of piperidine rings is 2. The minimum absolute atomic E-state index is 0.176. The standard InChI is InChI=1S/C24H27FN4O3/c1-14-2-3-17(26-14)12-28-8-6-15(7-9-28)18-10-16(25)11-19-20(18)13-29(24(19)32)21-4-5-22(30)27-23(21)31/h2-3,10-11,15,21,26H,4-9,12-13H2,1H3,(H,27,30,31). The second-order valence-electron chi connectivity index (χ2n) is 9.14. The third-order valence-corrected chi connectivity index (χ3v) is 6.97. The van der Waals surface area contributed by atoms with E-state index in [1.54, 1.807) is 6.07 Å². The summed E-state index contributed by atoms with van der Waals surface area (Å²) in [5.41, 5.74) is 4.42. The Labute approximate surface area is 186 Å². The van der Waals surface area contributed by atoms with E-state index in [0.717, 1.165) is 49.3 Å². The van der Waals surface area contributed by atoms with E-state index in [0.29, 0.717) is 12.0 Å². The fourth-order valence-corrected chi connectivity index (χ4v) is 5.31. The van der Waals surface area contributed by atoms with E-state index >= 15 is 0 Å². The minimum Gasteiger partial charge on any atom is -0.361 e. The van der Waals surface area contributed by atoms with Gasteiger partial charge in [0.25, 0.3) is 5.91 Å². The molecule has 7 nitrogen and oxygen atoms in total. The molecular weight excluding hydrogens is 411 g/mol. The van der Waals surface area contributed by atoms with Gasteiger partial charge < -0.3 is 9.88 Å². The van der Waals surface area contributed by atoms with Crippen LogP contribution in [0.3, 0.4) is 0 Å². The van der Waals surface area contributed by atoms with E-state index < -0.39 is 17.8 Å². The average Bonchev–Trinajstić information content (AvgIpc) is 3.31. The molecule has 2 N–H and O–H groups in total. The van der Waals surface area contributed by atoms with E-state index in [2.05, 4.69) is 27.3 Å². The van der Waals surface area contributed by atoms with Gasteiger partial charge in [0.15, 0.2) is 0 Å². The van der Waals surface area contributed by atoms with Crippen molar-refractivity contribution in [1.29, 1.82) is 0 Å². The Morgan fingerprint density at radius 2 is 1.88 bits per heavy atom. The molecule has 8 heteroatoms. The molecule has 1 atom stereocenters. The third-order valence-electron chi connectivity index (χ3n) is 6.97. The Morgan fingerprint density at radius 3 is 2.56 bits per heavy atom. The number of H-pyrrole nitrogens is 1. The highest BCUT2D eigenvalue weighted by Gasteiger charge is 2.41. The number of hydrogen-bond acceptors (Lipinski definition) is 4. The summed E-state index contributed by atoms with van der Waals surface area (Å²) in [5.74, 6) is -1.33. The van der Waals surface area contributed by atoms with Crippen LogP contribution in [0.2, 0.25) is 0 Å². The number of nitrogens with zero attached hydrogens (tertiary/aromatic N) is 2. The molecule has 0 bridgehead atoms. The number of aryl methyl sites for hydroxylation is 1. The van der Waals surface area contributed by atoms with Crippen molar-refractivity contribution in [3.05, 3.63) is 58.2 Å². The van der Waals surface area contributed by atoms with Crippen LogP contribution in [-0.2, 0) is 22.7 Å². The van der Waals surface area contributed by atoms with Crippen LogP contribution in [0.25, 0.3) is 0 Å². The van der Waals surface area contributed by atoms with Crippen molar-refractivity contribution < 1.29 is 18.8 Å². The van der Waals surface area contributed by atoms with Gasteiger partial charge in [0.05, 0.1) is 0 Å². The zero-order chi connectivity index (χ0) is 22.4. The van der Waals surface area contributed by atoms with E-state index in [4.69, 9.17) is 0 Å². The Hall–Kier alpha value is -3.00. The number of likely N-dealkylation sites (tertiary alicyclic amines) is 1. The number of carbonyl (C=O) groups is 3. The molecule has 3 amide bonds. The molecule has 2 aromatic rings. The first-order valence-corrected chi connectivity index (χ1v) is 11.2. The molecule has 0 saturated carbocycles. The van der Waals surface area contributed by atoms with Crippen molar-refractivity contribution in [2.24, 2.45) is 0 Å². The maximum atomic E-state index is 14.5. The van der Waals surface area contributed by atoms with Crippen LogP contribution in [0.4, 0.5) is 4.39 Å². The van der Waals surface area contributed by atoms with Gasteiger partial charge in [0.1, 0.15) is 11.9 Å². The van der Waals surface area contributed by atoms with Gasteiger partial charge in [-0.1, -0.05) is 0 Å². The third kappa shape index (κ3) is 3.83. The lowest BCUT2D eigenvalue weighted by Crippen LogP contribution is -2.52. The molecule has 168 valence electrons. The Bertz CT molecular complexity index is 1090. The van der Waals surface area contributed by atoms with Crippen molar-refractivity contribution in [3.8, 4) is 0 Å². The molecule has 3 aliphatic rings. The first-order chi connectivity index (χ1) is 15.4. The number of benzene rings is 1. The molecule has 1 aromatic carbocycles. The SMILES string of the molecule is Cc1ccc(CN2CCC(c3cc(F)cc4c3CN(C3CCC(=O)NC3=O)C4=O)CC2)[nH]1.